The van der Waals surface area contributed by atoms with E-state index in [1.807, 2.05) is 24.3 Å². The largest absolute Gasteiger partial charge is 0.462 e. The predicted octanol–water partition coefficient (Wildman–Crippen LogP) is 2.25. The second kappa shape index (κ2) is 6.69. The van der Waals surface area contributed by atoms with Crippen LogP contribution in [0.25, 0.3) is 0 Å². The van der Waals surface area contributed by atoms with E-state index in [0.717, 1.165) is 12.1 Å². The number of nitrogens with zero attached hydrogens (tertiary/aromatic N) is 1. The van der Waals surface area contributed by atoms with Crippen LogP contribution in [0.1, 0.15) is 29.8 Å². The highest BCUT2D eigenvalue weighted by molar-refractivity contribution is 5.88. The lowest BCUT2D eigenvalue weighted by Crippen LogP contribution is -2.21. The Hall–Kier alpha value is -2.63. The van der Waals surface area contributed by atoms with Crippen molar-refractivity contribution in [3.63, 3.8) is 0 Å². The van der Waals surface area contributed by atoms with Crippen molar-refractivity contribution < 1.29 is 9.53 Å². The number of carbonyl (C=O) groups is 1. The number of hydrogen-bond acceptors (Lipinski definition) is 5. The SMILES string of the molecule is CCOC(=O)c1cnc(Nc2ccc(CC)cc2)[nH]c1=O. The summed E-state index contributed by atoms with van der Waals surface area (Å²) >= 11 is 0. The van der Waals surface area contributed by atoms with E-state index in [1.165, 1.54) is 11.8 Å². The van der Waals surface area contributed by atoms with E-state index in [1.54, 1.807) is 6.92 Å². The van der Waals surface area contributed by atoms with Crippen molar-refractivity contribution in [2.24, 2.45) is 0 Å². The molecule has 1 aromatic heterocycles. The van der Waals surface area contributed by atoms with Crippen LogP contribution in [0.4, 0.5) is 11.6 Å². The Kier molecular flexibility index (Phi) is 4.71. The normalized spacial score (nSPS) is 10.2. The molecule has 6 nitrogen and oxygen atoms in total. The number of benzene rings is 1. The van der Waals surface area contributed by atoms with E-state index in [9.17, 15) is 9.59 Å². The van der Waals surface area contributed by atoms with E-state index >= 15 is 0 Å². The second-order valence-corrected chi connectivity index (χ2v) is 4.37. The van der Waals surface area contributed by atoms with Crippen molar-refractivity contribution in [2.75, 3.05) is 11.9 Å². The summed E-state index contributed by atoms with van der Waals surface area (Å²) in [4.78, 5) is 29.8. The van der Waals surface area contributed by atoms with Gasteiger partial charge < -0.3 is 10.1 Å². The molecule has 2 rings (SSSR count). The lowest BCUT2D eigenvalue weighted by Gasteiger charge is -2.06. The van der Waals surface area contributed by atoms with Crippen LogP contribution in [0.5, 0.6) is 0 Å². The maximum Gasteiger partial charge on any atom is 0.345 e. The molecule has 0 aliphatic rings. The number of aromatic amines is 1. The number of nitrogens with one attached hydrogen (secondary N) is 2. The summed E-state index contributed by atoms with van der Waals surface area (Å²) in [5.41, 5.74) is 1.39. The highest BCUT2D eigenvalue weighted by Crippen LogP contribution is 2.13. The Balaban J connectivity index is 2.16. The fourth-order valence-corrected chi connectivity index (χ4v) is 1.77. The van der Waals surface area contributed by atoms with Crippen molar-refractivity contribution in [1.29, 1.82) is 0 Å². The van der Waals surface area contributed by atoms with Gasteiger partial charge in [0.15, 0.2) is 0 Å². The molecule has 0 bridgehead atoms. The van der Waals surface area contributed by atoms with Crippen LogP contribution in [0.2, 0.25) is 0 Å². The summed E-state index contributed by atoms with van der Waals surface area (Å²) in [6, 6.07) is 7.79. The molecule has 0 radical (unpaired) electrons. The smallest absolute Gasteiger partial charge is 0.345 e. The number of aromatic nitrogens is 2. The summed E-state index contributed by atoms with van der Waals surface area (Å²) in [6.45, 7) is 3.97. The van der Waals surface area contributed by atoms with Gasteiger partial charge in [0.25, 0.3) is 5.56 Å². The summed E-state index contributed by atoms with van der Waals surface area (Å²) in [6.07, 6.45) is 2.17. The molecule has 21 heavy (non-hydrogen) atoms. The molecule has 0 atom stereocenters. The highest BCUT2D eigenvalue weighted by atomic mass is 16.5. The molecular weight excluding hydrogens is 270 g/mol. The molecule has 6 heteroatoms. The van der Waals surface area contributed by atoms with Gasteiger partial charge in [0.05, 0.1) is 12.8 Å². The molecular formula is C15H17N3O3. The van der Waals surface area contributed by atoms with Gasteiger partial charge in [-0.15, -0.1) is 0 Å². The maximum absolute atomic E-state index is 11.8. The molecule has 0 fully saturated rings. The van der Waals surface area contributed by atoms with Gasteiger partial charge in [-0.2, -0.15) is 0 Å². The molecule has 1 aromatic carbocycles. The summed E-state index contributed by atoms with van der Waals surface area (Å²) in [7, 11) is 0. The average molecular weight is 287 g/mol. The van der Waals surface area contributed by atoms with Crippen LogP contribution in [0.3, 0.4) is 0 Å². The molecule has 0 unspecified atom stereocenters. The van der Waals surface area contributed by atoms with Crippen LogP contribution in [0.15, 0.2) is 35.3 Å². The number of esters is 1. The zero-order valence-corrected chi connectivity index (χ0v) is 12.0. The topological polar surface area (TPSA) is 84.1 Å². The number of carbonyl (C=O) groups excluding carboxylic acids is 1. The molecule has 0 spiro atoms. The molecule has 0 aliphatic heterocycles. The van der Waals surface area contributed by atoms with Crippen molar-refractivity contribution >= 4 is 17.6 Å². The van der Waals surface area contributed by atoms with Crippen molar-refractivity contribution in [2.45, 2.75) is 20.3 Å². The van der Waals surface area contributed by atoms with Gasteiger partial charge in [0.1, 0.15) is 5.56 Å². The lowest BCUT2D eigenvalue weighted by molar-refractivity contribution is 0.0524. The van der Waals surface area contributed by atoms with Crippen molar-refractivity contribution in [1.82, 2.24) is 9.97 Å². The fraction of sp³-hybridized carbons (Fsp3) is 0.267. The minimum atomic E-state index is -0.676. The fourth-order valence-electron chi connectivity index (χ4n) is 1.77. The minimum Gasteiger partial charge on any atom is -0.462 e. The Morgan fingerprint density at radius 3 is 2.57 bits per heavy atom. The van der Waals surface area contributed by atoms with Gasteiger partial charge in [0.2, 0.25) is 5.95 Å². The lowest BCUT2D eigenvalue weighted by atomic mass is 10.1. The van der Waals surface area contributed by atoms with E-state index in [2.05, 4.69) is 22.2 Å². The zero-order valence-electron chi connectivity index (χ0n) is 12.0. The van der Waals surface area contributed by atoms with Gasteiger partial charge in [-0.05, 0) is 31.0 Å². The first-order valence-corrected chi connectivity index (χ1v) is 6.76. The third-order valence-electron chi connectivity index (χ3n) is 2.92. The molecule has 0 amide bonds. The average Bonchev–Trinajstić information content (AvgIpc) is 2.48. The highest BCUT2D eigenvalue weighted by Gasteiger charge is 2.12. The first-order chi connectivity index (χ1) is 10.1. The predicted molar refractivity (Wildman–Crippen MR) is 79.9 cm³/mol. The zero-order chi connectivity index (χ0) is 15.2. The number of ether oxygens (including phenoxy) is 1. The van der Waals surface area contributed by atoms with Gasteiger partial charge in [-0.1, -0.05) is 19.1 Å². The van der Waals surface area contributed by atoms with Crippen LogP contribution in [-0.2, 0) is 11.2 Å². The summed E-state index contributed by atoms with van der Waals surface area (Å²) < 4.78 is 4.77. The van der Waals surface area contributed by atoms with Gasteiger partial charge in [-0.25, -0.2) is 9.78 Å². The standard InChI is InChI=1S/C15H17N3O3/c1-3-10-5-7-11(8-6-10)17-15-16-9-12(13(19)18-15)14(20)21-4-2/h5-9H,3-4H2,1-2H3,(H2,16,17,18,19). The number of aryl methyl sites for hydroxylation is 1. The van der Waals surface area contributed by atoms with E-state index < -0.39 is 11.5 Å². The van der Waals surface area contributed by atoms with Crippen molar-refractivity contribution in [3.8, 4) is 0 Å². The van der Waals surface area contributed by atoms with Crippen LogP contribution in [0, 0.1) is 0 Å². The third kappa shape index (κ3) is 3.68. The Bertz CT molecular complexity index is 677. The number of rotatable bonds is 5. The molecule has 2 aromatic rings. The maximum atomic E-state index is 11.8. The Morgan fingerprint density at radius 1 is 1.29 bits per heavy atom. The molecule has 1 heterocycles. The molecule has 110 valence electrons. The van der Waals surface area contributed by atoms with Crippen LogP contribution in [-0.4, -0.2) is 22.5 Å². The minimum absolute atomic E-state index is 0.108. The molecule has 0 saturated heterocycles. The first kappa shape index (κ1) is 14.8. The number of H-pyrrole nitrogens is 1. The van der Waals surface area contributed by atoms with E-state index in [-0.39, 0.29) is 18.1 Å². The molecule has 0 saturated carbocycles. The Labute approximate surface area is 122 Å². The second-order valence-electron chi connectivity index (χ2n) is 4.37. The summed E-state index contributed by atoms with van der Waals surface area (Å²) in [5.74, 6) is -0.401. The van der Waals surface area contributed by atoms with E-state index in [0.29, 0.717) is 0 Å². The van der Waals surface area contributed by atoms with Gasteiger partial charge in [0, 0.05) is 5.69 Å². The first-order valence-electron chi connectivity index (χ1n) is 6.76. The molecule has 2 N–H and O–H groups in total. The van der Waals surface area contributed by atoms with Crippen LogP contribution >= 0.6 is 0 Å². The molecule has 0 aliphatic carbocycles. The van der Waals surface area contributed by atoms with Crippen molar-refractivity contribution in [3.05, 3.63) is 51.9 Å². The van der Waals surface area contributed by atoms with Gasteiger partial charge >= 0.3 is 5.97 Å². The monoisotopic (exact) mass is 287 g/mol. The van der Waals surface area contributed by atoms with E-state index in [4.69, 9.17) is 4.74 Å². The Morgan fingerprint density at radius 2 is 2.00 bits per heavy atom. The quantitative estimate of drug-likeness (QED) is 0.824. The third-order valence-corrected chi connectivity index (χ3v) is 2.92. The van der Waals surface area contributed by atoms with Gasteiger partial charge in [-0.3, -0.25) is 9.78 Å². The summed E-state index contributed by atoms with van der Waals surface area (Å²) in [5, 5.41) is 2.98. The number of anilines is 2. The number of hydrogen-bond donors (Lipinski definition) is 2. The van der Waals surface area contributed by atoms with Crippen LogP contribution < -0.4 is 10.9 Å².